The van der Waals surface area contributed by atoms with E-state index >= 15 is 0 Å². The standard InChI is InChI=1S/C10H9N3O5/c1-2-18-10(14)7(5-11)8-6-12(15)4-3-9(8)13(16)17/h3-4,6-7H,2H2,1H3. The molecule has 0 fully saturated rings. The summed E-state index contributed by atoms with van der Waals surface area (Å²) >= 11 is 0. The van der Waals surface area contributed by atoms with Crippen LogP contribution in [0.15, 0.2) is 18.5 Å². The molecule has 1 aromatic heterocycles. The summed E-state index contributed by atoms with van der Waals surface area (Å²) in [7, 11) is 0. The average molecular weight is 251 g/mol. The van der Waals surface area contributed by atoms with E-state index in [9.17, 15) is 20.1 Å². The molecular weight excluding hydrogens is 242 g/mol. The molecule has 1 heterocycles. The Balaban J connectivity index is 3.28. The number of hydrogen-bond donors (Lipinski definition) is 0. The predicted molar refractivity (Wildman–Crippen MR) is 57.0 cm³/mol. The van der Waals surface area contributed by atoms with Gasteiger partial charge < -0.3 is 9.94 Å². The van der Waals surface area contributed by atoms with Crippen LogP contribution in [0, 0.1) is 26.7 Å². The van der Waals surface area contributed by atoms with Gasteiger partial charge in [-0.2, -0.15) is 9.99 Å². The first-order chi connectivity index (χ1) is 8.51. The van der Waals surface area contributed by atoms with E-state index in [2.05, 4.69) is 4.74 Å². The number of hydrogen-bond acceptors (Lipinski definition) is 6. The molecule has 0 aliphatic carbocycles. The molecule has 1 rings (SSSR count). The number of esters is 1. The lowest BCUT2D eigenvalue weighted by Crippen LogP contribution is -2.28. The van der Waals surface area contributed by atoms with E-state index in [1.54, 1.807) is 13.0 Å². The van der Waals surface area contributed by atoms with Crippen molar-refractivity contribution < 1.29 is 19.2 Å². The lowest BCUT2D eigenvalue weighted by Gasteiger charge is -2.08. The topological polar surface area (TPSA) is 120 Å². The van der Waals surface area contributed by atoms with Gasteiger partial charge in [0, 0.05) is 0 Å². The molecule has 0 aliphatic rings. The van der Waals surface area contributed by atoms with Gasteiger partial charge in [-0.25, -0.2) is 0 Å². The molecule has 18 heavy (non-hydrogen) atoms. The van der Waals surface area contributed by atoms with Gasteiger partial charge in [0.1, 0.15) is 5.56 Å². The Labute approximate surface area is 102 Å². The largest absolute Gasteiger partial charge is 0.619 e. The van der Waals surface area contributed by atoms with Crippen LogP contribution in [0.2, 0.25) is 0 Å². The van der Waals surface area contributed by atoms with Crippen molar-refractivity contribution in [2.75, 3.05) is 6.61 Å². The Morgan fingerprint density at radius 3 is 2.89 bits per heavy atom. The van der Waals surface area contributed by atoms with Crippen molar-refractivity contribution in [3.8, 4) is 6.07 Å². The highest BCUT2D eigenvalue weighted by molar-refractivity contribution is 5.82. The molecule has 0 bridgehead atoms. The molecule has 1 atom stereocenters. The summed E-state index contributed by atoms with van der Waals surface area (Å²) in [6.45, 7) is 1.58. The fraction of sp³-hybridized carbons (Fsp3) is 0.300. The number of nitriles is 1. The van der Waals surface area contributed by atoms with Crippen molar-refractivity contribution in [1.29, 1.82) is 5.26 Å². The van der Waals surface area contributed by atoms with E-state index in [0.29, 0.717) is 0 Å². The fourth-order valence-corrected chi connectivity index (χ4v) is 1.35. The highest BCUT2D eigenvalue weighted by Gasteiger charge is 2.31. The lowest BCUT2D eigenvalue weighted by molar-refractivity contribution is -0.606. The maximum absolute atomic E-state index is 11.5. The fourth-order valence-electron chi connectivity index (χ4n) is 1.35. The highest BCUT2D eigenvalue weighted by Crippen LogP contribution is 2.25. The van der Waals surface area contributed by atoms with Crippen LogP contribution in [0.25, 0.3) is 0 Å². The van der Waals surface area contributed by atoms with Crippen molar-refractivity contribution in [2.24, 2.45) is 0 Å². The third-order valence-electron chi connectivity index (χ3n) is 2.10. The highest BCUT2D eigenvalue weighted by atomic mass is 16.6. The van der Waals surface area contributed by atoms with Crippen LogP contribution in [0.1, 0.15) is 18.4 Å². The first kappa shape index (κ1) is 13.4. The minimum Gasteiger partial charge on any atom is -0.619 e. The average Bonchev–Trinajstić information content (AvgIpc) is 2.30. The van der Waals surface area contributed by atoms with Crippen molar-refractivity contribution >= 4 is 11.7 Å². The van der Waals surface area contributed by atoms with Crippen molar-refractivity contribution in [3.05, 3.63) is 39.3 Å². The molecule has 0 saturated carbocycles. The zero-order valence-electron chi connectivity index (χ0n) is 9.40. The summed E-state index contributed by atoms with van der Waals surface area (Å²) in [5.41, 5.74) is -0.750. The Hall–Kier alpha value is -2.69. The Kier molecular flexibility index (Phi) is 4.15. The first-order valence-electron chi connectivity index (χ1n) is 4.94. The smallest absolute Gasteiger partial charge is 0.328 e. The van der Waals surface area contributed by atoms with Crippen molar-refractivity contribution in [2.45, 2.75) is 12.8 Å². The molecule has 1 aromatic rings. The van der Waals surface area contributed by atoms with Gasteiger partial charge in [-0.1, -0.05) is 0 Å². The number of ether oxygens (including phenoxy) is 1. The first-order valence-corrected chi connectivity index (χ1v) is 4.94. The van der Waals surface area contributed by atoms with Gasteiger partial charge >= 0.3 is 5.97 Å². The molecule has 0 saturated heterocycles. The SMILES string of the molecule is CCOC(=O)C(C#N)c1c[n+]([O-])ccc1[N+](=O)[O-]. The van der Waals surface area contributed by atoms with Crippen LogP contribution in [0.4, 0.5) is 5.69 Å². The van der Waals surface area contributed by atoms with Gasteiger partial charge in [-0.3, -0.25) is 14.9 Å². The molecule has 1 unspecified atom stereocenters. The number of carbonyl (C=O) groups excluding carboxylic acids is 1. The third-order valence-corrected chi connectivity index (χ3v) is 2.10. The lowest BCUT2D eigenvalue weighted by atomic mass is 10.0. The molecule has 0 spiro atoms. The molecule has 0 amide bonds. The third kappa shape index (κ3) is 2.70. The maximum atomic E-state index is 11.5. The summed E-state index contributed by atoms with van der Waals surface area (Å²) in [6.07, 6.45) is 1.74. The molecule has 8 nitrogen and oxygen atoms in total. The molecule has 0 aliphatic heterocycles. The van der Waals surface area contributed by atoms with Gasteiger partial charge in [-0.15, -0.1) is 0 Å². The summed E-state index contributed by atoms with van der Waals surface area (Å²) in [6, 6.07) is 2.53. The second kappa shape index (κ2) is 5.58. The normalized spacial score (nSPS) is 11.3. The number of aromatic nitrogens is 1. The Morgan fingerprint density at radius 1 is 1.72 bits per heavy atom. The zero-order chi connectivity index (χ0) is 13.7. The quantitative estimate of drug-likeness (QED) is 0.251. The molecule has 0 radical (unpaired) electrons. The van der Waals surface area contributed by atoms with E-state index in [1.165, 1.54) is 0 Å². The number of carbonyl (C=O) groups is 1. The summed E-state index contributed by atoms with van der Waals surface area (Å²) in [5, 5.41) is 30.8. The molecular formula is C10H9N3O5. The number of nitrogens with zero attached hydrogens (tertiary/aromatic N) is 3. The monoisotopic (exact) mass is 251 g/mol. The maximum Gasteiger partial charge on any atom is 0.328 e. The van der Waals surface area contributed by atoms with Gasteiger partial charge in [0.05, 0.1) is 23.7 Å². The zero-order valence-corrected chi connectivity index (χ0v) is 9.40. The van der Waals surface area contributed by atoms with Crippen LogP contribution < -0.4 is 4.73 Å². The molecule has 0 aromatic carbocycles. The second-order valence-corrected chi connectivity index (χ2v) is 3.22. The van der Waals surface area contributed by atoms with Gasteiger partial charge in [0.15, 0.2) is 18.3 Å². The predicted octanol–water partition coefficient (Wildman–Crippen LogP) is 0.398. The number of nitro groups is 1. The second-order valence-electron chi connectivity index (χ2n) is 3.22. The Morgan fingerprint density at radius 2 is 2.39 bits per heavy atom. The van der Waals surface area contributed by atoms with Crippen LogP contribution >= 0.6 is 0 Å². The number of rotatable bonds is 4. The minimum absolute atomic E-state index is 0.0367. The van der Waals surface area contributed by atoms with E-state index in [4.69, 9.17) is 5.26 Å². The van der Waals surface area contributed by atoms with E-state index < -0.39 is 22.5 Å². The molecule has 0 N–H and O–H groups in total. The Bertz CT molecular complexity index is 523. The van der Waals surface area contributed by atoms with Gasteiger partial charge in [-0.05, 0) is 6.92 Å². The minimum atomic E-state index is -1.49. The van der Waals surface area contributed by atoms with E-state index in [1.807, 2.05) is 0 Å². The van der Waals surface area contributed by atoms with Crippen molar-refractivity contribution in [3.63, 3.8) is 0 Å². The van der Waals surface area contributed by atoms with Gasteiger partial charge in [0.2, 0.25) is 0 Å². The van der Waals surface area contributed by atoms with Crippen LogP contribution in [0.3, 0.4) is 0 Å². The van der Waals surface area contributed by atoms with Crippen LogP contribution in [-0.2, 0) is 9.53 Å². The summed E-state index contributed by atoms with van der Waals surface area (Å²) in [5.74, 6) is -2.42. The van der Waals surface area contributed by atoms with E-state index in [0.717, 1.165) is 18.5 Å². The summed E-state index contributed by atoms with van der Waals surface area (Å²) < 4.78 is 4.91. The molecule has 8 heteroatoms. The van der Waals surface area contributed by atoms with Gasteiger partial charge in [0.25, 0.3) is 5.69 Å². The summed E-state index contributed by atoms with van der Waals surface area (Å²) in [4.78, 5) is 21.5. The van der Waals surface area contributed by atoms with Crippen LogP contribution in [-0.4, -0.2) is 17.5 Å². The van der Waals surface area contributed by atoms with Crippen molar-refractivity contribution in [1.82, 2.24) is 0 Å². The van der Waals surface area contributed by atoms with Crippen LogP contribution in [0.5, 0.6) is 0 Å². The molecule has 94 valence electrons. The number of pyridine rings is 1. The van der Waals surface area contributed by atoms with E-state index in [-0.39, 0.29) is 16.9 Å².